The largest absolute Gasteiger partial charge is 0.420 e. The Morgan fingerprint density at radius 2 is 1.21 bits per heavy atom. The van der Waals surface area contributed by atoms with Crippen LogP contribution < -0.4 is 9.47 Å². The van der Waals surface area contributed by atoms with Crippen molar-refractivity contribution in [2.24, 2.45) is 0 Å². The third kappa shape index (κ3) is 4.43. The molecule has 8 heteroatoms. The molecule has 2 aromatic rings. The van der Waals surface area contributed by atoms with Gasteiger partial charge in [-0.3, -0.25) is 0 Å². The summed E-state index contributed by atoms with van der Waals surface area (Å²) in [7, 11) is 0. The standard InChI is InChI=1S/C21H14F4O4/c1-5-11(4)21(27)29-15-9-7-13(17(23)19(15)25)12-6-8-14(18(24)16(12)22)28-20(26)10(2)3/h5-9H,1-2,4H2,3H3. The minimum atomic E-state index is -1.59. The van der Waals surface area contributed by atoms with Crippen molar-refractivity contribution in [2.75, 3.05) is 0 Å². The van der Waals surface area contributed by atoms with Crippen molar-refractivity contribution in [3.8, 4) is 22.6 Å². The summed E-state index contributed by atoms with van der Waals surface area (Å²) in [5.41, 5.74) is -1.52. The van der Waals surface area contributed by atoms with Crippen LogP contribution in [0, 0.1) is 23.3 Å². The summed E-state index contributed by atoms with van der Waals surface area (Å²) in [5.74, 6) is -9.88. The number of hydrogen-bond acceptors (Lipinski definition) is 4. The zero-order valence-electron chi connectivity index (χ0n) is 15.2. The van der Waals surface area contributed by atoms with E-state index in [-0.39, 0.29) is 11.1 Å². The van der Waals surface area contributed by atoms with E-state index in [9.17, 15) is 27.2 Å². The van der Waals surface area contributed by atoms with Crippen molar-refractivity contribution in [3.63, 3.8) is 0 Å². The summed E-state index contributed by atoms with van der Waals surface area (Å²) < 4.78 is 66.5. The molecule has 0 aromatic heterocycles. The Balaban J connectivity index is 2.44. The van der Waals surface area contributed by atoms with Gasteiger partial charge in [-0.15, -0.1) is 0 Å². The fraction of sp³-hybridized carbons (Fsp3) is 0.0476. The minimum absolute atomic E-state index is 0.0497. The van der Waals surface area contributed by atoms with E-state index in [4.69, 9.17) is 0 Å². The molecule has 4 nitrogen and oxygen atoms in total. The Morgan fingerprint density at radius 1 is 0.793 bits per heavy atom. The molecule has 150 valence electrons. The summed E-state index contributed by atoms with van der Waals surface area (Å²) in [4.78, 5) is 23.0. The number of benzene rings is 2. The number of carbonyl (C=O) groups is 2. The van der Waals surface area contributed by atoms with Crippen LogP contribution in [0.15, 0.2) is 61.2 Å². The van der Waals surface area contributed by atoms with Crippen LogP contribution in [0.2, 0.25) is 0 Å². The lowest BCUT2D eigenvalue weighted by Crippen LogP contribution is -2.11. The van der Waals surface area contributed by atoms with Crippen molar-refractivity contribution in [2.45, 2.75) is 6.92 Å². The Morgan fingerprint density at radius 3 is 1.59 bits per heavy atom. The third-order valence-electron chi connectivity index (χ3n) is 3.65. The van der Waals surface area contributed by atoms with E-state index in [1.807, 2.05) is 0 Å². The van der Waals surface area contributed by atoms with Gasteiger partial charge in [-0.25, -0.2) is 18.4 Å². The fourth-order valence-electron chi connectivity index (χ4n) is 2.07. The van der Waals surface area contributed by atoms with Gasteiger partial charge in [-0.1, -0.05) is 25.8 Å². The van der Waals surface area contributed by atoms with E-state index in [2.05, 4.69) is 29.2 Å². The molecule has 2 aromatic carbocycles. The summed E-state index contributed by atoms with van der Waals surface area (Å²) in [6.45, 7) is 11.2. The van der Waals surface area contributed by atoms with E-state index in [0.717, 1.165) is 30.3 Å². The van der Waals surface area contributed by atoms with E-state index >= 15 is 0 Å². The van der Waals surface area contributed by atoms with Crippen LogP contribution in [0.25, 0.3) is 11.1 Å². The molecule has 0 N–H and O–H groups in total. The van der Waals surface area contributed by atoms with Gasteiger partial charge in [0.25, 0.3) is 0 Å². The molecule has 0 unspecified atom stereocenters. The molecular formula is C21H14F4O4. The van der Waals surface area contributed by atoms with Crippen LogP contribution in [0.5, 0.6) is 11.5 Å². The maximum absolute atomic E-state index is 14.4. The molecule has 0 aliphatic heterocycles. The highest BCUT2D eigenvalue weighted by Crippen LogP contribution is 2.34. The molecule has 0 aliphatic rings. The lowest BCUT2D eigenvalue weighted by atomic mass is 10.0. The number of carbonyl (C=O) groups excluding carboxylic acids is 2. The minimum Gasteiger partial charge on any atom is -0.420 e. The second kappa shape index (κ2) is 8.55. The van der Waals surface area contributed by atoms with Crippen molar-refractivity contribution in [1.82, 2.24) is 0 Å². The maximum atomic E-state index is 14.4. The van der Waals surface area contributed by atoms with Crippen molar-refractivity contribution in [3.05, 3.63) is 84.5 Å². The zero-order chi connectivity index (χ0) is 21.9. The first-order valence-electron chi connectivity index (χ1n) is 7.96. The van der Waals surface area contributed by atoms with Gasteiger partial charge in [0.1, 0.15) is 0 Å². The van der Waals surface area contributed by atoms with E-state index < -0.39 is 57.8 Å². The topological polar surface area (TPSA) is 52.6 Å². The Hall–Kier alpha value is -3.68. The molecule has 0 saturated carbocycles. The Bertz CT molecular complexity index is 1060. The first-order chi connectivity index (χ1) is 13.6. The summed E-state index contributed by atoms with van der Waals surface area (Å²) in [6.07, 6.45) is 1.06. The number of ether oxygens (including phenoxy) is 2. The van der Waals surface area contributed by atoms with Crippen molar-refractivity contribution < 1.29 is 36.6 Å². The van der Waals surface area contributed by atoms with Gasteiger partial charge in [-0.05, 0) is 31.2 Å². The van der Waals surface area contributed by atoms with Gasteiger partial charge in [-0.2, -0.15) is 8.78 Å². The number of esters is 2. The van der Waals surface area contributed by atoms with Crippen molar-refractivity contribution in [1.29, 1.82) is 0 Å². The van der Waals surface area contributed by atoms with Crippen LogP contribution in [0.1, 0.15) is 6.92 Å². The summed E-state index contributed by atoms with van der Waals surface area (Å²) in [6, 6.07) is 3.56. The first-order valence-corrected chi connectivity index (χ1v) is 7.96. The number of rotatable bonds is 6. The van der Waals surface area contributed by atoms with Gasteiger partial charge in [0, 0.05) is 16.7 Å². The van der Waals surface area contributed by atoms with Gasteiger partial charge >= 0.3 is 11.9 Å². The quantitative estimate of drug-likeness (QED) is 0.222. The molecule has 0 heterocycles. The lowest BCUT2D eigenvalue weighted by molar-refractivity contribution is -0.131. The Labute approximate surface area is 163 Å². The molecule has 0 atom stereocenters. The average molecular weight is 406 g/mol. The van der Waals surface area contributed by atoms with Crippen LogP contribution >= 0.6 is 0 Å². The lowest BCUT2D eigenvalue weighted by Gasteiger charge is -2.12. The van der Waals surface area contributed by atoms with Gasteiger partial charge in [0.05, 0.1) is 5.57 Å². The molecule has 0 radical (unpaired) electrons. The van der Waals surface area contributed by atoms with E-state index in [1.165, 1.54) is 6.92 Å². The normalized spacial score (nSPS) is 10.2. The zero-order valence-corrected chi connectivity index (χ0v) is 15.2. The highest BCUT2D eigenvalue weighted by molar-refractivity contribution is 5.92. The Kier molecular flexibility index (Phi) is 6.38. The second-order valence-corrected chi connectivity index (χ2v) is 5.77. The predicted molar refractivity (Wildman–Crippen MR) is 97.1 cm³/mol. The monoisotopic (exact) mass is 406 g/mol. The smallest absolute Gasteiger partial charge is 0.342 e. The van der Waals surface area contributed by atoms with E-state index in [1.54, 1.807) is 0 Å². The van der Waals surface area contributed by atoms with Crippen LogP contribution in [0.4, 0.5) is 17.6 Å². The molecule has 29 heavy (non-hydrogen) atoms. The highest BCUT2D eigenvalue weighted by Gasteiger charge is 2.23. The van der Waals surface area contributed by atoms with Gasteiger partial charge in [0.2, 0.25) is 11.6 Å². The highest BCUT2D eigenvalue weighted by atomic mass is 19.2. The molecule has 2 rings (SSSR count). The molecule has 0 spiro atoms. The first kappa shape index (κ1) is 21.6. The van der Waals surface area contributed by atoms with Gasteiger partial charge in [0.15, 0.2) is 23.1 Å². The molecule has 0 amide bonds. The summed E-state index contributed by atoms with van der Waals surface area (Å²) >= 11 is 0. The average Bonchev–Trinajstić information content (AvgIpc) is 2.69. The second-order valence-electron chi connectivity index (χ2n) is 5.77. The summed E-state index contributed by atoms with van der Waals surface area (Å²) in [5, 5.41) is 0. The molecule has 0 saturated heterocycles. The van der Waals surface area contributed by atoms with Crippen molar-refractivity contribution >= 4 is 11.9 Å². The van der Waals surface area contributed by atoms with Gasteiger partial charge < -0.3 is 9.47 Å². The number of hydrogen-bond donors (Lipinski definition) is 0. The third-order valence-corrected chi connectivity index (χ3v) is 3.65. The maximum Gasteiger partial charge on any atom is 0.342 e. The van der Waals surface area contributed by atoms with Crippen LogP contribution in [-0.2, 0) is 9.59 Å². The van der Waals surface area contributed by atoms with Crippen LogP contribution in [-0.4, -0.2) is 11.9 Å². The van der Waals surface area contributed by atoms with E-state index in [0.29, 0.717) is 0 Å². The molecule has 0 fully saturated rings. The molecular weight excluding hydrogens is 392 g/mol. The number of halogens is 4. The molecule has 0 bridgehead atoms. The van der Waals surface area contributed by atoms with Crippen LogP contribution in [0.3, 0.4) is 0 Å². The molecule has 0 aliphatic carbocycles. The fourth-order valence-corrected chi connectivity index (χ4v) is 2.07. The SMILES string of the molecule is C=CC(=C)C(=O)Oc1ccc(-c2ccc(OC(=O)C(=C)C)c(F)c2F)c(F)c1F. The predicted octanol–water partition coefficient (Wildman–Crippen LogP) is 5.04.